The lowest BCUT2D eigenvalue weighted by Crippen LogP contribution is -2.36. The Morgan fingerprint density at radius 3 is 2.67 bits per heavy atom. The van der Waals surface area contributed by atoms with Gasteiger partial charge >= 0.3 is 0 Å². The number of hydrogen-bond acceptors (Lipinski definition) is 5. The predicted molar refractivity (Wildman–Crippen MR) is 90.5 cm³/mol. The van der Waals surface area contributed by atoms with Crippen molar-refractivity contribution in [2.24, 2.45) is 5.92 Å². The van der Waals surface area contributed by atoms with Crippen LogP contribution in [0.15, 0.2) is 35.5 Å². The molecule has 2 aliphatic rings. The van der Waals surface area contributed by atoms with Gasteiger partial charge < -0.3 is 0 Å². The Kier molecular flexibility index (Phi) is 4.38. The number of rotatable bonds is 5. The molecule has 0 N–H and O–H groups in total. The van der Waals surface area contributed by atoms with Gasteiger partial charge in [0.1, 0.15) is 0 Å². The van der Waals surface area contributed by atoms with Crippen LogP contribution in [0.3, 0.4) is 0 Å². The van der Waals surface area contributed by atoms with Gasteiger partial charge in [-0.2, -0.15) is 10.2 Å². The quantitative estimate of drug-likeness (QED) is 0.839. The number of nitrogens with zero attached hydrogens (tertiary/aromatic N) is 5. The van der Waals surface area contributed by atoms with Crippen molar-refractivity contribution in [2.45, 2.75) is 44.7 Å². The topological polar surface area (TPSA) is 63.9 Å². The standard InChI is InChI=1S/C18H23N5O/c24-18-10-17(15-3-4-15)19-13-23(18)11-14-5-8-22(9-6-14)12-16-2-1-7-20-21-16/h1-2,7,10,13-15H,3-6,8-9,11-12H2. The molecule has 24 heavy (non-hydrogen) atoms. The van der Waals surface area contributed by atoms with Crippen LogP contribution < -0.4 is 5.56 Å². The number of hydrogen-bond donors (Lipinski definition) is 0. The fraction of sp³-hybridized carbons (Fsp3) is 0.556. The third-order valence-corrected chi connectivity index (χ3v) is 5.07. The van der Waals surface area contributed by atoms with E-state index in [0.29, 0.717) is 11.8 Å². The van der Waals surface area contributed by atoms with Gasteiger partial charge in [0.15, 0.2) is 0 Å². The minimum Gasteiger partial charge on any atom is -0.299 e. The van der Waals surface area contributed by atoms with E-state index in [1.165, 1.54) is 12.8 Å². The molecule has 126 valence electrons. The van der Waals surface area contributed by atoms with E-state index in [0.717, 1.165) is 50.4 Å². The zero-order valence-corrected chi connectivity index (χ0v) is 13.8. The summed E-state index contributed by atoms with van der Waals surface area (Å²) >= 11 is 0. The molecule has 3 heterocycles. The molecule has 0 spiro atoms. The molecule has 1 aliphatic carbocycles. The summed E-state index contributed by atoms with van der Waals surface area (Å²) in [7, 11) is 0. The van der Waals surface area contributed by atoms with Crippen LogP contribution in [-0.2, 0) is 13.1 Å². The number of likely N-dealkylation sites (tertiary alicyclic amines) is 1. The first-order valence-corrected chi connectivity index (χ1v) is 8.83. The summed E-state index contributed by atoms with van der Waals surface area (Å²) in [6, 6.07) is 5.69. The van der Waals surface area contributed by atoms with Gasteiger partial charge in [-0.15, -0.1) is 0 Å². The summed E-state index contributed by atoms with van der Waals surface area (Å²) in [5, 5.41) is 8.09. The molecular weight excluding hydrogens is 302 g/mol. The average molecular weight is 325 g/mol. The van der Waals surface area contributed by atoms with Crippen molar-refractivity contribution in [2.75, 3.05) is 13.1 Å². The van der Waals surface area contributed by atoms with E-state index in [1.54, 1.807) is 23.2 Å². The van der Waals surface area contributed by atoms with Gasteiger partial charge in [-0.3, -0.25) is 14.3 Å². The first-order chi connectivity index (χ1) is 11.8. The first-order valence-electron chi connectivity index (χ1n) is 8.83. The Balaban J connectivity index is 1.31. The van der Waals surface area contributed by atoms with E-state index >= 15 is 0 Å². The van der Waals surface area contributed by atoms with Crippen LogP contribution in [0.5, 0.6) is 0 Å². The van der Waals surface area contributed by atoms with Crippen LogP contribution in [0.25, 0.3) is 0 Å². The van der Waals surface area contributed by atoms with Crippen molar-refractivity contribution in [3.63, 3.8) is 0 Å². The summed E-state index contributed by atoms with van der Waals surface area (Å²) in [5.74, 6) is 1.09. The van der Waals surface area contributed by atoms with E-state index in [-0.39, 0.29) is 5.56 Å². The molecule has 1 saturated carbocycles. The molecule has 0 radical (unpaired) electrons. The van der Waals surface area contributed by atoms with Crippen LogP contribution in [0.2, 0.25) is 0 Å². The van der Waals surface area contributed by atoms with Gasteiger partial charge in [-0.05, 0) is 56.8 Å². The first kappa shape index (κ1) is 15.4. The second-order valence-electron chi connectivity index (χ2n) is 7.01. The number of aromatic nitrogens is 4. The lowest BCUT2D eigenvalue weighted by Gasteiger charge is -2.31. The Morgan fingerprint density at radius 1 is 1.17 bits per heavy atom. The van der Waals surface area contributed by atoms with Gasteiger partial charge in [0.2, 0.25) is 0 Å². The van der Waals surface area contributed by atoms with Crippen molar-refractivity contribution in [3.8, 4) is 0 Å². The van der Waals surface area contributed by atoms with Crippen LogP contribution in [-0.4, -0.2) is 37.7 Å². The SMILES string of the molecule is O=c1cc(C2CC2)ncn1CC1CCN(Cc2cccnn2)CC1. The maximum absolute atomic E-state index is 12.2. The van der Waals surface area contributed by atoms with Crippen molar-refractivity contribution >= 4 is 0 Å². The Bertz CT molecular complexity index is 733. The highest BCUT2D eigenvalue weighted by molar-refractivity contribution is 5.12. The zero-order chi connectivity index (χ0) is 16.4. The third kappa shape index (κ3) is 3.70. The zero-order valence-electron chi connectivity index (χ0n) is 13.8. The fourth-order valence-corrected chi connectivity index (χ4v) is 3.43. The largest absolute Gasteiger partial charge is 0.299 e. The van der Waals surface area contributed by atoms with Crippen molar-refractivity contribution in [1.82, 2.24) is 24.6 Å². The van der Waals surface area contributed by atoms with Crippen LogP contribution >= 0.6 is 0 Å². The molecule has 0 aromatic carbocycles. The second-order valence-corrected chi connectivity index (χ2v) is 7.01. The highest BCUT2D eigenvalue weighted by Crippen LogP contribution is 2.38. The molecule has 4 rings (SSSR count). The monoisotopic (exact) mass is 325 g/mol. The fourth-order valence-electron chi connectivity index (χ4n) is 3.43. The minimum absolute atomic E-state index is 0.105. The molecule has 2 aromatic heterocycles. The minimum atomic E-state index is 0.105. The van der Waals surface area contributed by atoms with Crippen LogP contribution in [0.4, 0.5) is 0 Å². The highest BCUT2D eigenvalue weighted by Gasteiger charge is 2.26. The molecule has 1 saturated heterocycles. The smallest absolute Gasteiger partial charge is 0.253 e. The summed E-state index contributed by atoms with van der Waals surface area (Å²) in [4.78, 5) is 19.1. The molecule has 0 bridgehead atoms. The normalized spacial score (nSPS) is 19.5. The van der Waals surface area contributed by atoms with E-state index < -0.39 is 0 Å². The Morgan fingerprint density at radius 2 is 2.00 bits per heavy atom. The average Bonchev–Trinajstić information content (AvgIpc) is 3.44. The van der Waals surface area contributed by atoms with Gasteiger partial charge in [0.05, 0.1) is 17.7 Å². The maximum Gasteiger partial charge on any atom is 0.253 e. The van der Waals surface area contributed by atoms with E-state index in [4.69, 9.17) is 0 Å². The lowest BCUT2D eigenvalue weighted by molar-refractivity contribution is 0.164. The molecule has 1 aliphatic heterocycles. The van der Waals surface area contributed by atoms with Gasteiger partial charge in [0, 0.05) is 31.3 Å². The molecular formula is C18H23N5O. The van der Waals surface area contributed by atoms with Crippen molar-refractivity contribution < 1.29 is 0 Å². The molecule has 2 fully saturated rings. The molecule has 0 atom stereocenters. The Labute approximate surface area is 141 Å². The van der Waals surface area contributed by atoms with Crippen molar-refractivity contribution in [3.05, 3.63) is 52.5 Å². The van der Waals surface area contributed by atoms with Crippen molar-refractivity contribution in [1.29, 1.82) is 0 Å². The highest BCUT2D eigenvalue weighted by atomic mass is 16.1. The third-order valence-electron chi connectivity index (χ3n) is 5.07. The van der Waals surface area contributed by atoms with E-state index in [1.807, 2.05) is 12.1 Å². The molecule has 0 unspecified atom stereocenters. The van der Waals surface area contributed by atoms with Gasteiger partial charge in [-0.1, -0.05) is 0 Å². The summed E-state index contributed by atoms with van der Waals surface area (Å²) < 4.78 is 1.79. The van der Waals surface area contributed by atoms with Crippen LogP contribution in [0, 0.1) is 5.92 Å². The van der Waals surface area contributed by atoms with Gasteiger partial charge in [-0.25, -0.2) is 4.98 Å². The van der Waals surface area contributed by atoms with Crippen LogP contribution in [0.1, 0.15) is 43.0 Å². The predicted octanol–water partition coefficient (Wildman–Crippen LogP) is 1.82. The van der Waals surface area contributed by atoms with E-state index in [2.05, 4.69) is 20.1 Å². The van der Waals surface area contributed by atoms with E-state index in [9.17, 15) is 4.79 Å². The molecule has 6 nitrogen and oxygen atoms in total. The summed E-state index contributed by atoms with van der Waals surface area (Å²) in [5.41, 5.74) is 2.11. The molecule has 0 amide bonds. The second kappa shape index (κ2) is 6.81. The molecule has 6 heteroatoms. The Hall–Kier alpha value is -2.08. The summed E-state index contributed by atoms with van der Waals surface area (Å²) in [6.07, 6.45) is 8.04. The number of piperidine rings is 1. The van der Waals surface area contributed by atoms with Gasteiger partial charge in [0.25, 0.3) is 5.56 Å². The lowest BCUT2D eigenvalue weighted by atomic mass is 9.96. The summed E-state index contributed by atoms with van der Waals surface area (Å²) in [6.45, 7) is 3.74. The molecule has 2 aromatic rings. The maximum atomic E-state index is 12.2.